The first kappa shape index (κ1) is 13.8. The van der Waals surface area contributed by atoms with E-state index in [1.165, 1.54) is 0 Å². The van der Waals surface area contributed by atoms with E-state index in [-0.39, 0.29) is 18.1 Å². The van der Waals surface area contributed by atoms with Crippen molar-refractivity contribution in [3.8, 4) is 5.75 Å². The lowest BCUT2D eigenvalue weighted by Crippen LogP contribution is -2.45. The third-order valence-electron chi connectivity index (χ3n) is 4.44. The Morgan fingerprint density at radius 2 is 2.23 bits per heavy atom. The Bertz CT molecular complexity index is 646. The number of para-hydroxylation sites is 1. The zero-order chi connectivity index (χ0) is 14.9. The average Bonchev–Trinajstić information content (AvgIpc) is 3.23. The van der Waals surface area contributed by atoms with E-state index in [2.05, 4.69) is 4.98 Å². The molecule has 0 saturated carbocycles. The van der Waals surface area contributed by atoms with Gasteiger partial charge in [-0.25, -0.2) is 4.98 Å². The Labute approximate surface area is 133 Å². The lowest BCUT2D eigenvalue weighted by atomic mass is 10.0. The molecule has 1 saturated heterocycles. The first-order chi connectivity index (χ1) is 10.8. The summed E-state index contributed by atoms with van der Waals surface area (Å²) < 4.78 is 5.88. The smallest absolute Gasteiger partial charge is 0.264 e. The van der Waals surface area contributed by atoms with Gasteiger partial charge < -0.3 is 9.64 Å². The second kappa shape index (κ2) is 5.72. The Morgan fingerprint density at radius 1 is 1.32 bits per heavy atom. The number of nitrogens with zero attached hydrogens (tertiary/aromatic N) is 2. The third kappa shape index (κ3) is 2.39. The summed E-state index contributed by atoms with van der Waals surface area (Å²) in [5.41, 5.74) is 1.13. The van der Waals surface area contributed by atoms with Gasteiger partial charge in [0, 0.05) is 24.5 Å². The molecule has 1 fully saturated rings. The second-order valence-electron chi connectivity index (χ2n) is 5.83. The van der Waals surface area contributed by atoms with Crippen molar-refractivity contribution < 1.29 is 9.53 Å². The Morgan fingerprint density at radius 3 is 3.05 bits per heavy atom. The molecule has 1 aromatic carbocycles. The van der Waals surface area contributed by atoms with Crippen molar-refractivity contribution in [3.63, 3.8) is 0 Å². The minimum atomic E-state index is -0.377. The molecule has 2 atom stereocenters. The summed E-state index contributed by atoms with van der Waals surface area (Å²) in [5, 5.41) is 3.03. The maximum absolute atomic E-state index is 13.0. The third-order valence-corrected chi connectivity index (χ3v) is 5.32. The summed E-state index contributed by atoms with van der Waals surface area (Å²) in [6.07, 6.45) is 5.33. The van der Waals surface area contributed by atoms with Crippen LogP contribution in [0.2, 0.25) is 0 Å². The van der Waals surface area contributed by atoms with Gasteiger partial charge in [0.2, 0.25) is 0 Å². The van der Waals surface area contributed by atoms with Gasteiger partial charge in [-0.05, 0) is 30.9 Å². The van der Waals surface area contributed by atoms with Crippen LogP contribution >= 0.6 is 11.3 Å². The van der Waals surface area contributed by atoms with Crippen LogP contribution in [0.3, 0.4) is 0 Å². The van der Waals surface area contributed by atoms with Gasteiger partial charge in [-0.1, -0.05) is 18.2 Å². The van der Waals surface area contributed by atoms with E-state index in [9.17, 15) is 4.79 Å². The lowest BCUT2D eigenvalue weighted by Gasteiger charge is -2.35. The van der Waals surface area contributed by atoms with Crippen molar-refractivity contribution in [1.82, 2.24) is 9.88 Å². The quantitative estimate of drug-likeness (QED) is 0.855. The van der Waals surface area contributed by atoms with E-state index in [0.29, 0.717) is 6.42 Å². The molecule has 22 heavy (non-hydrogen) atoms. The number of carbonyl (C=O) groups excluding carboxylic acids is 1. The van der Waals surface area contributed by atoms with Gasteiger partial charge in [-0.3, -0.25) is 4.79 Å². The number of rotatable bonds is 2. The molecule has 4 rings (SSSR count). The van der Waals surface area contributed by atoms with Crippen LogP contribution in [0, 0.1) is 0 Å². The highest BCUT2D eigenvalue weighted by Gasteiger charge is 2.37. The molecule has 1 amide bonds. The number of likely N-dealkylation sites (tertiary alicyclic amines) is 1. The summed E-state index contributed by atoms with van der Waals surface area (Å²) in [6, 6.07) is 8.04. The molecule has 0 aliphatic carbocycles. The molecule has 1 aromatic heterocycles. The highest BCUT2D eigenvalue weighted by atomic mass is 32.1. The number of hydrogen-bond acceptors (Lipinski definition) is 4. The molecule has 0 N–H and O–H groups in total. The number of piperidine rings is 1. The summed E-state index contributed by atoms with van der Waals surface area (Å²) in [6.45, 7) is 0.805. The van der Waals surface area contributed by atoms with Crippen LogP contribution in [-0.4, -0.2) is 28.4 Å². The van der Waals surface area contributed by atoms with Crippen molar-refractivity contribution in [3.05, 3.63) is 46.4 Å². The molecule has 2 aliphatic heterocycles. The number of amides is 1. The first-order valence-corrected chi connectivity index (χ1v) is 8.65. The number of fused-ring (bicyclic) bond motifs is 1. The van der Waals surface area contributed by atoms with E-state index in [4.69, 9.17) is 4.74 Å². The number of aromatic nitrogens is 1. The molecule has 5 heteroatoms. The van der Waals surface area contributed by atoms with E-state index in [1.807, 2.05) is 40.7 Å². The molecular weight excluding hydrogens is 296 g/mol. The topological polar surface area (TPSA) is 42.4 Å². The molecule has 0 spiro atoms. The number of benzene rings is 1. The summed E-state index contributed by atoms with van der Waals surface area (Å²) in [5.74, 6) is 0.958. The van der Waals surface area contributed by atoms with Crippen LogP contribution in [0.4, 0.5) is 0 Å². The zero-order valence-electron chi connectivity index (χ0n) is 12.3. The number of thiazole rings is 1. The van der Waals surface area contributed by atoms with Crippen LogP contribution in [0.1, 0.15) is 35.9 Å². The van der Waals surface area contributed by atoms with Crippen LogP contribution in [0.25, 0.3) is 0 Å². The number of hydrogen-bond donors (Lipinski definition) is 0. The predicted octanol–water partition coefficient (Wildman–Crippen LogP) is 3.20. The molecule has 0 bridgehead atoms. The Kier molecular flexibility index (Phi) is 3.58. The van der Waals surface area contributed by atoms with Crippen molar-refractivity contribution in [2.24, 2.45) is 0 Å². The first-order valence-electron chi connectivity index (χ1n) is 7.77. The molecule has 3 heterocycles. The fraction of sp³-hybridized carbons (Fsp3) is 0.412. The average molecular weight is 314 g/mol. The minimum absolute atomic E-state index is 0.108. The van der Waals surface area contributed by atoms with Crippen molar-refractivity contribution in [1.29, 1.82) is 0 Å². The largest absolute Gasteiger partial charge is 0.480 e. The minimum Gasteiger partial charge on any atom is -0.480 e. The highest BCUT2D eigenvalue weighted by molar-refractivity contribution is 7.09. The fourth-order valence-corrected chi connectivity index (χ4v) is 4.14. The molecule has 114 valence electrons. The standard InChI is InChI=1S/C17H18N2O2S/c20-17(15-11-12-5-1-2-7-14(12)21-15)19-9-4-3-6-13(19)16-18-8-10-22-16/h1-2,5,7-8,10,13,15H,3-4,6,9,11H2/t13-,15+/m0/s1. The number of ether oxygens (including phenoxy) is 1. The molecule has 4 nitrogen and oxygen atoms in total. The van der Waals surface area contributed by atoms with E-state index in [1.54, 1.807) is 11.3 Å². The molecule has 0 unspecified atom stereocenters. The summed E-state index contributed by atoms with van der Waals surface area (Å²) in [7, 11) is 0. The van der Waals surface area contributed by atoms with Crippen LogP contribution in [-0.2, 0) is 11.2 Å². The fourth-order valence-electron chi connectivity index (χ4n) is 3.36. The number of carbonyl (C=O) groups is 1. The monoisotopic (exact) mass is 314 g/mol. The Balaban J connectivity index is 1.54. The van der Waals surface area contributed by atoms with Gasteiger partial charge in [0.1, 0.15) is 10.8 Å². The molecule has 0 radical (unpaired) electrons. The zero-order valence-corrected chi connectivity index (χ0v) is 13.1. The van der Waals surface area contributed by atoms with Gasteiger partial charge in [-0.15, -0.1) is 11.3 Å². The maximum atomic E-state index is 13.0. The lowest BCUT2D eigenvalue weighted by molar-refractivity contribution is -0.142. The maximum Gasteiger partial charge on any atom is 0.264 e. The Hall–Kier alpha value is -1.88. The van der Waals surface area contributed by atoms with Gasteiger partial charge in [0.05, 0.1) is 6.04 Å². The summed E-state index contributed by atoms with van der Waals surface area (Å²) >= 11 is 1.63. The SMILES string of the molecule is O=C([C@H]1Cc2ccccc2O1)N1CCCC[C@H]1c1nccs1. The van der Waals surface area contributed by atoms with Gasteiger partial charge in [0.15, 0.2) is 6.10 Å². The van der Waals surface area contributed by atoms with E-state index < -0.39 is 0 Å². The van der Waals surface area contributed by atoms with Crippen LogP contribution in [0.15, 0.2) is 35.8 Å². The van der Waals surface area contributed by atoms with Crippen molar-refractivity contribution in [2.45, 2.75) is 37.8 Å². The van der Waals surface area contributed by atoms with Gasteiger partial charge in [0.25, 0.3) is 5.91 Å². The van der Waals surface area contributed by atoms with Crippen LogP contribution in [0.5, 0.6) is 5.75 Å². The van der Waals surface area contributed by atoms with Gasteiger partial charge >= 0.3 is 0 Å². The van der Waals surface area contributed by atoms with E-state index >= 15 is 0 Å². The predicted molar refractivity (Wildman–Crippen MR) is 85.0 cm³/mol. The summed E-state index contributed by atoms with van der Waals surface area (Å²) in [4.78, 5) is 19.4. The molecule has 2 aliphatic rings. The molecular formula is C17H18N2O2S. The normalized spacial score (nSPS) is 23.9. The second-order valence-corrected chi connectivity index (χ2v) is 6.76. The molecule has 2 aromatic rings. The van der Waals surface area contributed by atoms with Crippen LogP contribution < -0.4 is 4.74 Å². The highest BCUT2D eigenvalue weighted by Crippen LogP contribution is 2.35. The van der Waals surface area contributed by atoms with Crippen molar-refractivity contribution >= 4 is 17.2 Å². The van der Waals surface area contributed by atoms with Crippen molar-refractivity contribution in [2.75, 3.05) is 6.54 Å². The van der Waals surface area contributed by atoms with E-state index in [0.717, 1.165) is 42.1 Å². The van der Waals surface area contributed by atoms with Gasteiger partial charge in [-0.2, -0.15) is 0 Å².